The zero-order valence-electron chi connectivity index (χ0n) is 12.3. The molecule has 0 radical (unpaired) electrons. The lowest BCUT2D eigenvalue weighted by atomic mass is 10.0. The number of carbonyl (C=O) groups excluding carboxylic acids is 1. The van der Waals surface area contributed by atoms with Crippen LogP contribution in [-0.4, -0.2) is 35.1 Å². The molecule has 21 heavy (non-hydrogen) atoms. The van der Waals surface area contributed by atoms with Crippen molar-refractivity contribution in [2.45, 2.75) is 25.9 Å². The lowest BCUT2D eigenvalue weighted by Crippen LogP contribution is -2.31. The van der Waals surface area contributed by atoms with Crippen molar-refractivity contribution in [2.24, 2.45) is 5.92 Å². The standard InChI is InChI=1S/C18H21NO2/c1-13(20)17-8-9-19(12-17)18(21)11-14-6-7-15-4-2-3-5-16(15)10-14/h2-7,10,13,17,20H,8-9,11-12H2,1H3. The van der Waals surface area contributed by atoms with Crippen LogP contribution in [0.25, 0.3) is 10.8 Å². The Morgan fingerprint density at radius 1 is 1.29 bits per heavy atom. The summed E-state index contributed by atoms with van der Waals surface area (Å²) in [5.41, 5.74) is 1.05. The summed E-state index contributed by atoms with van der Waals surface area (Å²) >= 11 is 0. The molecule has 0 aliphatic carbocycles. The lowest BCUT2D eigenvalue weighted by Gasteiger charge is -2.18. The van der Waals surface area contributed by atoms with Crippen LogP contribution in [0.15, 0.2) is 42.5 Å². The van der Waals surface area contributed by atoms with E-state index in [1.807, 2.05) is 30.0 Å². The largest absolute Gasteiger partial charge is 0.393 e. The van der Waals surface area contributed by atoms with Gasteiger partial charge in [0.05, 0.1) is 12.5 Å². The Morgan fingerprint density at radius 3 is 2.76 bits per heavy atom. The Balaban J connectivity index is 1.69. The average Bonchev–Trinajstić information content (AvgIpc) is 2.97. The fourth-order valence-corrected chi connectivity index (χ4v) is 3.04. The van der Waals surface area contributed by atoms with E-state index in [1.54, 1.807) is 0 Å². The Hall–Kier alpha value is -1.87. The molecule has 2 unspecified atom stereocenters. The molecule has 2 aromatic rings. The van der Waals surface area contributed by atoms with Gasteiger partial charge < -0.3 is 10.0 Å². The maximum absolute atomic E-state index is 12.4. The third-order valence-corrected chi connectivity index (χ3v) is 4.43. The Morgan fingerprint density at radius 2 is 2.05 bits per heavy atom. The molecule has 1 amide bonds. The van der Waals surface area contributed by atoms with Gasteiger partial charge >= 0.3 is 0 Å². The molecule has 1 aliphatic rings. The molecule has 1 fully saturated rings. The van der Waals surface area contributed by atoms with Gasteiger partial charge in [-0.3, -0.25) is 4.79 Å². The van der Waals surface area contributed by atoms with Crippen molar-refractivity contribution in [2.75, 3.05) is 13.1 Å². The summed E-state index contributed by atoms with van der Waals surface area (Å²) in [6, 6.07) is 14.4. The van der Waals surface area contributed by atoms with E-state index >= 15 is 0 Å². The fourth-order valence-electron chi connectivity index (χ4n) is 3.04. The van der Waals surface area contributed by atoms with Gasteiger partial charge in [-0.25, -0.2) is 0 Å². The number of likely N-dealkylation sites (tertiary alicyclic amines) is 1. The molecule has 2 aromatic carbocycles. The van der Waals surface area contributed by atoms with E-state index in [0.29, 0.717) is 13.0 Å². The van der Waals surface area contributed by atoms with Crippen molar-refractivity contribution < 1.29 is 9.90 Å². The number of benzene rings is 2. The minimum Gasteiger partial charge on any atom is -0.393 e. The number of nitrogens with zero attached hydrogens (tertiary/aromatic N) is 1. The van der Waals surface area contributed by atoms with E-state index in [1.165, 1.54) is 10.8 Å². The molecule has 3 nitrogen and oxygen atoms in total. The third kappa shape index (κ3) is 3.08. The van der Waals surface area contributed by atoms with Gasteiger partial charge in [0.25, 0.3) is 0 Å². The van der Waals surface area contributed by atoms with Gasteiger partial charge in [-0.15, -0.1) is 0 Å². The first-order chi connectivity index (χ1) is 10.1. The minimum atomic E-state index is -0.330. The van der Waals surface area contributed by atoms with Crippen LogP contribution in [0.3, 0.4) is 0 Å². The highest BCUT2D eigenvalue weighted by molar-refractivity contribution is 5.85. The van der Waals surface area contributed by atoms with Crippen molar-refractivity contribution in [3.8, 4) is 0 Å². The normalized spacial score (nSPS) is 19.9. The molecule has 0 saturated carbocycles. The van der Waals surface area contributed by atoms with Crippen molar-refractivity contribution in [1.82, 2.24) is 4.90 Å². The second-order valence-corrected chi connectivity index (χ2v) is 5.99. The number of aliphatic hydroxyl groups excluding tert-OH is 1. The van der Waals surface area contributed by atoms with Gasteiger partial charge in [0.15, 0.2) is 0 Å². The van der Waals surface area contributed by atoms with Gasteiger partial charge in [0.1, 0.15) is 0 Å². The molecule has 1 heterocycles. The molecule has 3 rings (SSSR count). The SMILES string of the molecule is CC(O)C1CCN(C(=O)Cc2ccc3ccccc3c2)C1. The topological polar surface area (TPSA) is 40.5 Å². The Labute approximate surface area is 125 Å². The van der Waals surface area contributed by atoms with E-state index in [-0.39, 0.29) is 17.9 Å². The third-order valence-electron chi connectivity index (χ3n) is 4.43. The second-order valence-electron chi connectivity index (χ2n) is 5.99. The molecule has 2 atom stereocenters. The Kier molecular flexibility index (Phi) is 3.93. The van der Waals surface area contributed by atoms with Crippen LogP contribution in [0.1, 0.15) is 18.9 Å². The second kappa shape index (κ2) is 5.86. The van der Waals surface area contributed by atoms with Crippen molar-refractivity contribution in [1.29, 1.82) is 0 Å². The number of hydrogen-bond donors (Lipinski definition) is 1. The molecular weight excluding hydrogens is 262 g/mol. The fraction of sp³-hybridized carbons (Fsp3) is 0.389. The maximum atomic E-state index is 12.4. The molecule has 0 bridgehead atoms. The predicted octanol–water partition coefficient (Wildman–Crippen LogP) is 2.61. The number of hydrogen-bond acceptors (Lipinski definition) is 2. The number of aliphatic hydroxyl groups is 1. The maximum Gasteiger partial charge on any atom is 0.227 e. The van der Waals surface area contributed by atoms with Crippen molar-refractivity contribution in [3.63, 3.8) is 0 Å². The highest BCUT2D eigenvalue weighted by Gasteiger charge is 2.28. The van der Waals surface area contributed by atoms with Crippen LogP contribution in [-0.2, 0) is 11.2 Å². The van der Waals surface area contributed by atoms with Gasteiger partial charge in [-0.1, -0.05) is 42.5 Å². The summed E-state index contributed by atoms with van der Waals surface area (Å²) < 4.78 is 0. The van der Waals surface area contributed by atoms with Gasteiger partial charge in [-0.05, 0) is 29.7 Å². The Bertz CT molecular complexity index is 650. The summed E-state index contributed by atoms with van der Waals surface area (Å²) in [4.78, 5) is 14.2. The van der Waals surface area contributed by atoms with E-state index in [2.05, 4.69) is 24.3 Å². The molecular formula is C18H21NO2. The molecule has 3 heteroatoms. The number of fused-ring (bicyclic) bond motifs is 1. The van der Waals surface area contributed by atoms with Crippen LogP contribution in [0.5, 0.6) is 0 Å². The zero-order valence-corrected chi connectivity index (χ0v) is 12.3. The van der Waals surface area contributed by atoms with Gasteiger partial charge in [0.2, 0.25) is 5.91 Å². The molecule has 0 aromatic heterocycles. The first-order valence-corrected chi connectivity index (χ1v) is 7.57. The van der Waals surface area contributed by atoms with Crippen molar-refractivity contribution >= 4 is 16.7 Å². The summed E-state index contributed by atoms with van der Waals surface area (Å²) in [6.45, 7) is 3.26. The van der Waals surface area contributed by atoms with Gasteiger partial charge in [0, 0.05) is 19.0 Å². The average molecular weight is 283 g/mol. The highest BCUT2D eigenvalue weighted by Crippen LogP contribution is 2.21. The van der Waals surface area contributed by atoms with E-state index < -0.39 is 0 Å². The van der Waals surface area contributed by atoms with Crippen LogP contribution < -0.4 is 0 Å². The van der Waals surface area contributed by atoms with Crippen molar-refractivity contribution in [3.05, 3.63) is 48.0 Å². The van der Waals surface area contributed by atoms with E-state index in [0.717, 1.165) is 18.5 Å². The molecule has 1 saturated heterocycles. The van der Waals surface area contributed by atoms with Crippen LogP contribution in [0, 0.1) is 5.92 Å². The predicted molar refractivity (Wildman–Crippen MR) is 84.0 cm³/mol. The quantitative estimate of drug-likeness (QED) is 0.940. The first kappa shape index (κ1) is 14.1. The monoisotopic (exact) mass is 283 g/mol. The van der Waals surface area contributed by atoms with E-state index in [4.69, 9.17) is 0 Å². The van der Waals surface area contributed by atoms with Crippen LogP contribution >= 0.6 is 0 Å². The zero-order chi connectivity index (χ0) is 14.8. The smallest absolute Gasteiger partial charge is 0.227 e. The van der Waals surface area contributed by atoms with Crippen LogP contribution in [0.4, 0.5) is 0 Å². The van der Waals surface area contributed by atoms with Gasteiger partial charge in [-0.2, -0.15) is 0 Å². The summed E-state index contributed by atoms with van der Waals surface area (Å²) in [5, 5.41) is 12.0. The summed E-state index contributed by atoms with van der Waals surface area (Å²) in [5.74, 6) is 0.388. The summed E-state index contributed by atoms with van der Waals surface area (Å²) in [7, 11) is 0. The summed E-state index contributed by atoms with van der Waals surface area (Å²) in [6.07, 6.45) is 1.02. The van der Waals surface area contributed by atoms with Crippen LogP contribution in [0.2, 0.25) is 0 Å². The first-order valence-electron chi connectivity index (χ1n) is 7.57. The number of amides is 1. The molecule has 110 valence electrons. The number of rotatable bonds is 3. The number of carbonyl (C=O) groups is 1. The lowest BCUT2D eigenvalue weighted by molar-refractivity contribution is -0.129. The molecule has 0 spiro atoms. The molecule has 1 aliphatic heterocycles. The highest BCUT2D eigenvalue weighted by atomic mass is 16.3. The van der Waals surface area contributed by atoms with E-state index in [9.17, 15) is 9.90 Å². The molecule has 1 N–H and O–H groups in total. The minimum absolute atomic E-state index is 0.161.